The van der Waals surface area contributed by atoms with Gasteiger partial charge >= 0.3 is 0 Å². The summed E-state index contributed by atoms with van der Waals surface area (Å²) in [6, 6.07) is 16.1. The lowest BCUT2D eigenvalue weighted by Gasteiger charge is -2.16. The summed E-state index contributed by atoms with van der Waals surface area (Å²) in [5.74, 6) is 0.888. The molecule has 1 N–H and O–H groups in total. The second kappa shape index (κ2) is 8.37. The number of hydrogen-bond acceptors (Lipinski definition) is 2. The second-order valence-corrected chi connectivity index (χ2v) is 5.89. The Labute approximate surface area is 138 Å². The molecule has 0 heterocycles. The molecule has 2 aromatic rings. The fraction of sp³-hybridized carbons (Fsp3) is 0.350. The summed E-state index contributed by atoms with van der Waals surface area (Å²) >= 11 is 0. The molecule has 0 saturated carbocycles. The van der Waals surface area contributed by atoms with Crippen molar-refractivity contribution in [1.29, 1.82) is 0 Å². The average Bonchev–Trinajstić information content (AvgIpc) is 2.54. The molecule has 0 spiro atoms. The van der Waals surface area contributed by atoms with Crippen molar-refractivity contribution >= 4 is 5.91 Å². The standard InChI is InChI=1S/C20H25NO2/c1-4-17-9-11-18(12-10-17)13-20(22)21-16(3)14-23-19-8-6-5-7-15(19)2/h5-12,16H,4,13-14H2,1-3H3,(H,21,22)/t16-/m1/s1. The second-order valence-electron chi connectivity index (χ2n) is 5.89. The topological polar surface area (TPSA) is 38.3 Å². The maximum absolute atomic E-state index is 12.1. The first-order valence-corrected chi connectivity index (χ1v) is 8.14. The fourth-order valence-electron chi connectivity index (χ4n) is 2.38. The Morgan fingerprint density at radius 3 is 2.39 bits per heavy atom. The minimum Gasteiger partial charge on any atom is -0.491 e. The number of amides is 1. The van der Waals surface area contributed by atoms with Crippen LogP contribution in [-0.2, 0) is 17.6 Å². The zero-order valence-corrected chi connectivity index (χ0v) is 14.1. The minimum atomic E-state index is -0.0305. The van der Waals surface area contributed by atoms with Gasteiger partial charge in [-0.1, -0.05) is 49.4 Å². The van der Waals surface area contributed by atoms with E-state index in [2.05, 4.69) is 24.4 Å². The van der Waals surface area contributed by atoms with Crippen LogP contribution in [0.2, 0.25) is 0 Å². The number of benzene rings is 2. The number of rotatable bonds is 7. The van der Waals surface area contributed by atoms with Gasteiger partial charge in [-0.15, -0.1) is 0 Å². The molecule has 0 aliphatic heterocycles. The lowest BCUT2D eigenvalue weighted by molar-refractivity contribution is -0.121. The first-order chi connectivity index (χ1) is 11.1. The van der Waals surface area contributed by atoms with E-state index in [0.717, 1.165) is 23.3 Å². The van der Waals surface area contributed by atoms with Crippen molar-refractivity contribution < 1.29 is 9.53 Å². The zero-order chi connectivity index (χ0) is 16.7. The maximum Gasteiger partial charge on any atom is 0.224 e. The average molecular weight is 311 g/mol. The SMILES string of the molecule is CCc1ccc(CC(=O)N[C@H](C)COc2ccccc2C)cc1. The molecule has 0 bridgehead atoms. The highest BCUT2D eigenvalue weighted by Gasteiger charge is 2.09. The number of carbonyl (C=O) groups is 1. The monoisotopic (exact) mass is 311 g/mol. The summed E-state index contributed by atoms with van der Waals surface area (Å²) in [6.07, 6.45) is 1.42. The van der Waals surface area contributed by atoms with Gasteiger partial charge in [0.2, 0.25) is 5.91 Å². The predicted octanol–water partition coefficient (Wildman–Crippen LogP) is 3.68. The molecule has 0 fully saturated rings. The minimum absolute atomic E-state index is 0.0233. The van der Waals surface area contributed by atoms with E-state index in [0.29, 0.717) is 13.0 Å². The Balaban J connectivity index is 1.79. The Morgan fingerprint density at radius 1 is 1.09 bits per heavy atom. The van der Waals surface area contributed by atoms with E-state index in [1.807, 2.05) is 50.2 Å². The number of ether oxygens (including phenoxy) is 1. The maximum atomic E-state index is 12.1. The molecule has 1 atom stereocenters. The van der Waals surface area contributed by atoms with Crippen LogP contribution in [0.15, 0.2) is 48.5 Å². The summed E-state index contributed by atoms with van der Waals surface area (Å²) in [7, 11) is 0. The van der Waals surface area contributed by atoms with E-state index in [1.54, 1.807) is 0 Å². The van der Waals surface area contributed by atoms with E-state index in [1.165, 1.54) is 5.56 Å². The fourth-order valence-corrected chi connectivity index (χ4v) is 2.38. The Hall–Kier alpha value is -2.29. The van der Waals surface area contributed by atoms with Crippen molar-refractivity contribution in [3.05, 3.63) is 65.2 Å². The number of hydrogen-bond donors (Lipinski definition) is 1. The molecule has 1 amide bonds. The highest BCUT2D eigenvalue weighted by Crippen LogP contribution is 2.16. The number of nitrogens with one attached hydrogen (secondary N) is 1. The van der Waals surface area contributed by atoms with Crippen LogP contribution in [0, 0.1) is 6.92 Å². The first-order valence-electron chi connectivity index (χ1n) is 8.14. The number of para-hydroxylation sites is 1. The molecule has 0 aliphatic carbocycles. The van der Waals surface area contributed by atoms with Gasteiger partial charge in [0.1, 0.15) is 12.4 Å². The van der Waals surface area contributed by atoms with Crippen molar-refractivity contribution in [2.45, 2.75) is 39.7 Å². The summed E-state index contributed by atoms with van der Waals surface area (Å²) in [6.45, 7) is 6.55. The molecule has 3 heteroatoms. The third kappa shape index (κ3) is 5.44. The highest BCUT2D eigenvalue weighted by atomic mass is 16.5. The Kier molecular flexibility index (Phi) is 6.21. The van der Waals surface area contributed by atoms with Gasteiger partial charge in [-0.25, -0.2) is 0 Å². The zero-order valence-electron chi connectivity index (χ0n) is 14.1. The molecule has 0 unspecified atom stereocenters. The summed E-state index contributed by atoms with van der Waals surface area (Å²) in [5, 5.41) is 2.98. The van der Waals surface area contributed by atoms with Crippen LogP contribution in [0.4, 0.5) is 0 Å². The van der Waals surface area contributed by atoms with Crippen LogP contribution in [-0.4, -0.2) is 18.6 Å². The van der Waals surface area contributed by atoms with E-state index < -0.39 is 0 Å². The number of aryl methyl sites for hydroxylation is 2. The van der Waals surface area contributed by atoms with Gasteiger partial charge in [-0.2, -0.15) is 0 Å². The van der Waals surface area contributed by atoms with Crippen LogP contribution >= 0.6 is 0 Å². The van der Waals surface area contributed by atoms with E-state index >= 15 is 0 Å². The quantitative estimate of drug-likeness (QED) is 0.847. The highest BCUT2D eigenvalue weighted by molar-refractivity contribution is 5.78. The van der Waals surface area contributed by atoms with Gasteiger partial charge in [-0.05, 0) is 43.0 Å². The van der Waals surface area contributed by atoms with Gasteiger partial charge in [0.15, 0.2) is 0 Å². The van der Waals surface area contributed by atoms with Gasteiger partial charge < -0.3 is 10.1 Å². The van der Waals surface area contributed by atoms with Crippen molar-refractivity contribution in [1.82, 2.24) is 5.32 Å². The third-order valence-electron chi connectivity index (χ3n) is 3.79. The van der Waals surface area contributed by atoms with Crippen molar-refractivity contribution in [3.63, 3.8) is 0 Å². The van der Waals surface area contributed by atoms with Gasteiger partial charge in [0.25, 0.3) is 0 Å². The molecule has 0 radical (unpaired) electrons. The predicted molar refractivity (Wildman–Crippen MR) is 93.8 cm³/mol. The van der Waals surface area contributed by atoms with Crippen LogP contribution in [0.1, 0.15) is 30.5 Å². The lowest BCUT2D eigenvalue weighted by atomic mass is 10.1. The van der Waals surface area contributed by atoms with E-state index in [-0.39, 0.29) is 11.9 Å². The summed E-state index contributed by atoms with van der Waals surface area (Å²) in [4.78, 5) is 12.1. The molecular weight excluding hydrogens is 286 g/mol. The molecule has 23 heavy (non-hydrogen) atoms. The normalized spacial score (nSPS) is 11.8. The van der Waals surface area contributed by atoms with Crippen molar-refractivity contribution in [2.24, 2.45) is 0 Å². The van der Waals surface area contributed by atoms with Crippen LogP contribution < -0.4 is 10.1 Å². The van der Waals surface area contributed by atoms with Gasteiger partial charge in [0, 0.05) is 0 Å². The molecule has 122 valence electrons. The molecule has 3 nitrogen and oxygen atoms in total. The van der Waals surface area contributed by atoms with E-state index in [9.17, 15) is 4.79 Å². The largest absolute Gasteiger partial charge is 0.491 e. The van der Waals surface area contributed by atoms with Crippen LogP contribution in [0.25, 0.3) is 0 Å². The summed E-state index contributed by atoms with van der Waals surface area (Å²) < 4.78 is 5.77. The van der Waals surface area contributed by atoms with Crippen LogP contribution in [0.3, 0.4) is 0 Å². The summed E-state index contributed by atoms with van der Waals surface area (Å²) in [5.41, 5.74) is 3.42. The molecule has 2 aromatic carbocycles. The third-order valence-corrected chi connectivity index (χ3v) is 3.79. The molecule has 0 aliphatic rings. The van der Waals surface area contributed by atoms with Gasteiger partial charge in [0.05, 0.1) is 12.5 Å². The Bertz CT molecular complexity index is 634. The van der Waals surface area contributed by atoms with Gasteiger partial charge in [-0.3, -0.25) is 4.79 Å². The number of carbonyl (C=O) groups excluding carboxylic acids is 1. The lowest BCUT2D eigenvalue weighted by Crippen LogP contribution is -2.37. The smallest absolute Gasteiger partial charge is 0.224 e. The molecule has 0 saturated heterocycles. The molecule has 0 aromatic heterocycles. The first kappa shape index (κ1) is 17.1. The van der Waals surface area contributed by atoms with E-state index in [4.69, 9.17) is 4.74 Å². The van der Waals surface area contributed by atoms with Crippen molar-refractivity contribution in [3.8, 4) is 5.75 Å². The van der Waals surface area contributed by atoms with Crippen LogP contribution in [0.5, 0.6) is 5.75 Å². The molecule has 2 rings (SSSR count). The Morgan fingerprint density at radius 2 is 1.74 bits per heavy atom. The molecular formula is C20H25NO2. The van der Waals surface area contributed by atoms with Crippen molar-refractivity contribution in [2.75, 3.05) is 6.61 Å².